The number of ether oxygens (including phenoxy) is 2. The van der Waals surface area contributed by atoms with Gasteiger partial charge in [-0.3, -0.25) is 9.78 Å². The molecule has 0 saturated carbocycles. The number of benzene rings is 2. The van der Waals surface area contributed by atoms with Crippen LogP contribution in [0.25, 0.3) is 22.2 Å². The van der Waals surface area contributed by atoms with Crippen LogP contribution in [-0.2, 0) is 16.6 Å². The third-order valence-corrected chi connectivity index (χ3v) is 9.17. The highest BCUT2D eigenvalue weighted by atomic mass is 32.2. The minimum Gasteiger partial charge on any atom is -0.454 e. The number of nitrogens with zero attached hydrogens (tertiary/aromatic N) is 3. The summed E-state index contributed by atoms with van der Waals surface area (Å²) in [5, 5.41) is 3.44. The second-order valence-electron chi connectivity index (χ2n) is 9.93. The number of piperidine rings is 1. The Morgan fingerprint density at radius 1 is 1.00 bits per heavy atom. The van der Waals surface area contributed by atoms with Gasteiger partial charge in [-0.1, -0.05) is 13.0 Å². The SMILES string of the molecule is CC1CCN(S(=O)(=O)c2ccc3nc(-c4ccncc4)cc(C(=O)NCc4ccc5c(c4)OCO5)c3c2)CC1. The van der Waals surface area contributed by atoms with E-state index in [2.05, 4.69) is 17.2 Å². The van der Waals surface area contributed by atoms with Gasteiger partial charge in [0, 0.05) is 43.0 Å². The van der Waals surface area contributed by atoms with Crippen LogP contribution in [0.3, 0.4) is 0 Å². The standard InChI is InChI=1S/C29H28N4O5S/c1-19-8-12-33(13-9-19)39(35,36)22-3-4-25-23(15-22)24(16-26(32-25)21-6-10-30-11-7-21)29(34)31-17-20-2-5-27-28(14-20)38-18-37-27/h2-7,10-11,14-16,19H,8-9,12-13,17-18H2,1H3,(H,31,34). The van der Waals surface area contributed by atoms with Crippen molar-refractivity contribution in [2.24, 2.45) is 5.92 Å². The first-order chi connectivity index (χ1) is 18.9. The summed E-state index contributed by atoms with van der Waals surface area (Å²) in [6.45, 7) is 3.55. The molecule has 0 unspecified atom stereocenters. The molecule has 0 radical (unpaired) electrons. The first kappa shape index (κ1) is 25.3. The fourth-order valence-electron chi connectivity index (χ4n) is 4.93. The Hall–Kier alpha value is -4.02. The topological polar surface area (TPSA) is 111 Å². The van der Waals surface area contributed by atoms with Crippen LogP contribution in [0, 0.1) is 5.92 Å². The molecule has 1 saturated heterocycles. The van der Waals surface area contributed by atoms with E-state index < -0.39 is 10.0 Å². The predicted octanol–water partition coefficient (Wildman–Crippen LogP) is 4.38. The summed E-state index contributed by atoms with van der Waals surface area (Å²) in [6.07, 6.45) is 4.99. The molecule has 0 atom stereocenters. The van der Waals surface area contributed by atoms with Gasteiger partial charge in [0.1, 0.15) is 0 Å². The number of hydrogen-bond donors (Lipinski definition) is 1. The van der Waals surface area contributed by atoms with Crippen LogP contribution in [0.1, 0.15) is 35.7 Å². The van der Waals surface area contributed by atoms with Crippen molar-refractivity contribution in [1.29, 1.82) is 0 Å². The predicted molar refractivity (Wildman–Crippen MR) is 146 cm³/mol. The molecule has 200 valence electrons. The quantitative estimate of drug-likeness (QED) is 0.384. The zero-order valence-electron chi connectivity index (χ0n) is 21.5. The molecule has 39 heavy (non-hydrogen) atoms. The summed E-state index contributed by atoms with van der Waals surface area (Å²) in [5.74, 6) is 1.47. The summed E-state index contributed by atoms with van der Waals surface area (Å²) in [5.41, 5.74) is 3.12. The number of nitrogens with one attached hydrogen (secondary N) is 1. The average molecular weight is 545 g/mol. The molecular weight excluding hydrogens is 516 g/mol. The van der Waals surface area contributed by atoms with Crippen LogP contribution in [0.2, 0.25) is 0 Å². The molecule has 1 amide bonds. The van der Waals surface area contributed by atoms with E-state index in [0.29, 0.717) is 52.7 Å². The maximum Gasteiger partial charge on any atom is 0.252 e. The van der Waals surface area contributed by atoms with Gasteiger partial charge in [-0.15, -0.1) is 0 Å². The first-order valence-corrected chi connectivity index (χ1v) is 14.3. The molecule has 6 rings (SSSR count). The lowest BCUT2D eigenvalue weighted by atomic mass is 10.0. The van der Waals surface area contributed by atoms with Gasteiger partial charge in [-0.25, -0.2) is 13.4 Å². The highest BCUT2D eigenvalue weighted by Crippen LogP contribution is 2.33. The summed E-state index contributed by atoms with van der Waals surface area (Å²) < 4.78 is 39.3. The zero-order valence-corrected chi connectivity index (χ0v) is 22.3. The Labute approximate surface area is 226 Å². The van der Waals surface area contributed by atoms with Crippen molar-refractivity contribution >= 4 is 26.8 Å². The molecule has 1 fully saturated rings. The van der Waals surface area contributed by atoms with E-state index in [0.717, 1.165) is 24.0 Å². The highest BCUT2D eigenvalue weighted by molar-refractivity contribution is 7.89. The maximum atomic E-state index is 13.6. The molecule has 1 N–H and O–H groups in total. The van der Waals surface area contributed by atoms with E-state index in [1.165, 1.54) is 4.31 Å². The molecular formula is C29H28N4O5S. The summed E-state index contributed by atoms with van der Waals surface area (Å²) in [7, 11) is -3.70. The third-order valence-electron chi connectivity index (χ3n) is 7.27. The van der Waals surface area contributed by atoms with E-state index in [4.69, 9.17) is 14.5 Å². The molecule has 2 aromatic carbocycles. The van der Waals surface area contributed by atoms with E-state index >= 15 is 0 Å². The molecule has 0 spiro atoms. The van der Waals surface area contributed by atoms with Gasteiger partial charge in [0.25, 0.3) is 5.91 Å². The second kappa shape index (κ2) is 10.3. The van der Waals surface area contributed by atoms with E-state index in [1.807, 2.05) is 30.3 Å². The number of fused-ring (bicyclic) bond motifs is 2. The largest absolute Gasteiger partial charge is 0.454 e. The third kappa shape index (κ3) is 5.05. The van der Waals surface area contributed by atoms with E-state index in [1.54, 1.807) is 36.7 Å². The number of hydrogen-bond acceptors (Lipinski definition) is 7. The van der Waals surface area contributed by atoms with E-state index in [9.17, 15) is 13.2 Å². The first-order valence-electron chi connectivity index (χ1n) is 12.9. The van der Waals surface area contributed by atoms with Crippen molar-refractivity contribution in [2.75, 3.05) is 19.9 Å². The number of rotatable bonds is 6. The van der Waals surface area contributed by atoms with Crippen molar-refractivity contribution in [3.63, 3.8) is 0 Å². The van der Waals surface area contributed by atoms with E-state index in [-0.39, 0.29) is 24.1 Å². The van der Waals surface area contributed by atoms with Crippen LogP contribution in [0.15, 0.2) is 71.9 Å². The van der Waals surface area contributed by atoms with Gasteiger partial charge in [-0.05, 0) is 72.9 Å². The van der Waals surface area contributed by atoms with Crippen LogP contribution in [0.5, 0.6) is 11.5 Å². The monoisotopic (exact) mass is 544 g/mol. The minimum atomic E-state index is -3.70. The van der Waals surface area contributed by atoms with Crippen LogP contribution in [-0.4, -0.2) is 48.5 Å². The highest BCUT2D eigenvalue weighted by Gasteiger charge is 2.29. The Morgan fingerprint density at radius 3 is 2.56 bits per heavy atom. The van der Waals surface area contributed by atoms with Gasteiger partial charge in [-0.2, -0.15) is 4.31 Å². The van der Waals surface area contributed by atoms with Crippen molar-refractivity contribution in [3.05, 3.63) is 78.1 Å². The number of carbonyl (C=O) groups is 1. The van der Waals surface area contributed by atoms with Gasteiger partial charge in [0.15, 0.2) is 11.5 Å². The average Bonchev–Trinajstić information content (AvgIpc) is 3.44. The fourth-order valence-corrected chi connectivity index (χ4v) is 6.42. The number of aromatic nitrogens is 2. The number of sulfonamides is 1. The van der Waals surface area contributed by atoms with Crippen LogP contribution >= 0.6 is 0 Å². The molecule has 4 aromatic rings. The zero-order chi connectivity index (χ0) is 27.0. The fraction of sp³-hybridized carbons (Fsp3) is 0.276. The summed E-state index contributed by atoms with van der Waals surface area (Å²) in [6, 6.07) is 15.7. The molecule has 10 heteroatoms. The summed E-state index contributed by atoms with van der Waals surface area (Å²) in [4.78, 5) is 22.6. The minimum absolute atomic E-state index is 0.160. The molecule has 2 aromatic heterocycles. The molecule has 4 heterocycles. The normalized spacial score (nSPS) is 15.9. The Bertz CT molecular complexity index is 1650. The maximum absolute atomic E-state index is 13.6. The number of pyridine rings is 2. The Kier molecular flexibility index (Phi) is 6.66. The van der Waals surface area contributed by atoms with Crippen molar-refractivity contribution in [2.45, 2.75) is 31.2 Å². The second-order valence-corrected chi connectivity index (χ2v) is 11.9. The lowest BCUT2D eigenvalue weighted by Gasteiger charge is -2.29. The van der Waals surface area contributed by atoms with Crippen molar-refractivity contribution in [3.8, 4) is 22.8 Å². The van der Waals surface area contributed by atoms with Crippen LogP contribution < -0.4 is 14.8 Å². The summed E-state index contributed by atoms with van der Waals surface area (Å²) >= 11 is 0. The lowest BCUT2D eigenvalue weighted by Crippen LogP contribution is -2.37. The van der Waals surface area contributed by atoms with Gasteiger partial charge < -0.3 is 14.8 Å². The molecule has 2 aliphatic heterocycles. The molecule has 2 aliphatic rings. The Balaban J connectivity index is 1.37. The molecule has 9 nitrogen and oxygen atoms in total. The van der Waals surface area contributed by atoms with Gasteiger partial charge >= 0.3 is 0 Å². The molecule has 0 bridgehead atoms. The molecule has 0 aliphatic carbocycles. The Morgan fingerprint density at radius 2 is 1.77 bits per heavy atom. The van der Waals surface area contributed by atoms with Gasteiger partial charge in [0.2, 0.25) is 16.8 Å². The van der Waals surface area contributed by atoms with Crippen molar-refractivity contribution in [1.82, 2.24) is 19.6 Å². The smallest absolute Gasteiger partial charge is 0.252 e. The number of carbonyl (C=O) groups excluding carboxylic acids is 1. The van der Waals surface area contributed by atoms with Crippen LogP contribution in [0.4, 0.5) is 0 Å². The lowest BCUT2D eigenvalue weighted by molar-refractivity contribution is 0.0952. The van der Waals surface area contributed by atoms with Crippen molar-refractivity contribution < 1.29 is 22.7 Å². The number of amides is 1. The van der Waals surface area contributed by atoms with Gasteiger partial charge in [0.05, 0.1) is 21.7 Å².